The van der Waals surface area contributed by atoms with Crippen molar-refractivity contribution in [2.75, 3.05) is 11.9 Å². The van der Waals surface area contributed by atoms with E-state index in [-0.39, 0.29) is 24.3 Å². The van der Waals surface area contributed by atoms with Crippen molar-refractivity contribution in [3.05, 3.63) is 132 Å². The number of urea groups is 1. The van der Waals surface area contributed by atoms with Gasteiger partial charge in [-0.1, -0.05) is 60.7 Å². The maximum Gasteiger partial charge on any atom is 0.338 e. The van der Waals surface area contributed by atoms with Crippen LogP contribution in [0.3, 0.4) is 0 Å². The number of amides is 2. The molecule has 3 heterocycles. The number of nitrogens with zero attached hydrogens (tertiary/aromatic N) is 2. The van der Waals surface area contributed by atoms with Gasteiger partial charge in [-0.15, -0.1) is 0 Å². The molecule has 2 amide bonds. The summed E-state index contributed by atoms with van der Waals surface area (Å²) in [5.41, 5.74) is -0.286. The van der Waals surface area contributed by atoms with Crippen LogP contribution in [0.1, 0.15) is 43.6 Å². The van der Waals surface area contributed by atoms with Crippen LogP contribution in [0.5, 0.6) is 0 Å². The minimum Gasteiger partial charge on any atom is -0.459 e. The van der Waals surface area contributed by atoms with Crippen molar-refractivity contribution in [1.29, 1.82) is 0 Å². The minimum absolute atomic E-state index is 0.0496. The summed E-state index contributed by atoms with van der Waals surface area (Å²) in [4.78, 5) is 58.9. The third kappa shape index (κ3) is 6.11. The first kappa shape index (κ1) is 29.5. The summed E-state index contributed by atoms with van der Waals surface area (Å²) in [5.74, 6) is -1.69. The molecule has 11 heteroatoms. The second-order valence-electron chi connectivity index (χ2n) is 10.7. The Balaban J connectivity index is 1.37. The molecule has 45 heavy (non-hydrogen) atoms. The number of rotatable bonds is 8. The number of carbonyl (C=O) groups excluding carboxylic acids is 4. The van der Waals surface area contributed by atoms with E-state index in [1.807, 2.05) is 0 Å². The molecule has 11 nitrogen and oxygen atoms in total. The van der Waals surface area contributed by atoms with Crippen molar-refractivity contribution in [1.82, 2.24) is 9.88 Å². The summed E-state index contributed by atoms with van der Waals surface area (Å²) in [6.45, 7) is 1.21. The van der Waals surface area contributed by atoms with E-state index >= 15 is 0 Å². The highest BCUT2D eigenvalue weighted by atomic mass is 16.7. The zero-order chi connectivity index (χ0) is 31.4. The van der Waals surface area contributed by atoms with Gasteiger partial charge in [0.15, 0.2) is 17.9 Å². The van der Waals surface area contributed by atoms with Crippen molar-refractivity contribution in [3.63, 3.8) is 0 Å². The number of ether oxygens (including phenoxy) is 4. The van der Waals surface area contributed by atoms with Crippen molar-refractivity contribution in [2.24, 2.45) is 0 Å². The predicted molar refractivity (Wildman–Crippen MR) is 160 cm³/mol. The molecule has 2 aliphatic rings. The Bertz CT molecular complexity index is 1700. The summed E-state index contributed by atoms with van der Waals surface area (Å²) < 4.78 is 24.2. The quantitative estimate of drug-likeness (QED) is 0.220. The van der Waals surface area contributed by atoms with Crippen LogP contribution in [0.25, 0.3) is 0 Å². The molecule has 6 rings (SSSR count). The lowest BCUT2D eigenvalue weighted by Gasteiger charge is -2.40. The molecule has 4 aromatic rings. The van der Waals surface area contributed by atoms with E-state index in [1.54, 1.807) is 109 Å². The number of fused-ring (bicyclic) bond motifs is 1. The molecule has 1 N–H and O–H groups in total. The summed E-state index contributed by atoms with van der Waals surface area (Å²) in [6.07, 6.45) is -2.16. The highest BCUT2D eigenvalue weighted by Gasteiger charge is 2.62. The standard InChI is InChI=1S/C34H29N3O8/c1-34(45-31(40)24-16-9-4-10-17-24)27(44-30(39)23-14-7-3-8-15-23)26(21-42-29(38)22-12-5-2-6-13-22)43-32(34)37-20-25-18-11-19-35-28(25)36-33(37)41/h2-19,26-27,32H,20-21H2,1H3,(H,35,36,41)/t26-,27-,32-,34-/m1/s1. The fraction of sp³-hybridized carbons (Fsp3) is 0.206. The van der Waals surface area contributed by atoms with Crippen LogP contribution in [-0.2, 0) is 25.5 Å². The average Bonchev–Trinajstić information content (AvgIpc) is 3.34. The molecule has 4 atom stereocenters. The monoisotopic (exact) mass is 607 g/mol. The number of nitrogens with one attached hydrogen (secondary N) is 1. The Labute approximate surface area is 258 Å². The van der Waals surface area contributed by atoms with E-state index < -0.39 is 48.0 Å². The second kappa shape index (κ2) is 12.6. The third-order valence-corrected chi connectivity index (χ3v) is 7.65. The van der Waals surface area contributed by atoms with Gasteiger partial charge in [-0.3, -0.25) is 10.2 Å². The number of benzene rings is 3. The molecule has 0 unspecified atom stereocenters. The van der Waals surface area contributed by atoms with Gasteiger partial charge in [0.05, 0.1) is 23.2 Å². The van der Waals surface area contributed by atoms with Crippen LogP contribution in [0.2, 0.25) is 0 Å². The normalized spacial score (nSPS) is 22.1. The molecule has 228 valence electrons. The highest BCUT2D eigenvalue weighted by Crippen LogP contribution is 2.41. The van der Waals surface area contributed by atoms with Crippen LogP contribution in [-0.4, -0.2) is 64.5 Å². The lowest BCUT2D eigenvalue weighted by molar-refractivity contribution is -0.128. The van der Waals surface area contributed by atoms with E-state index in [9.17, 15) is 19.2 Å². The van der Waals surface area contributed by atoms with Crippen LogP contribution in [0.15, 0.2) is 109 Å². The SMILES string of the molecule is C[C@@]1(OC(=O)c2ccccc2)[C@H](OC(=O)c2ccccc2)[C@@H](COC(=O)c2ccccc2)O[C@H]1N1Cc2cccnc2NC1=O. The van der Waals surface area contributed by atoms with Gasteiger partial charge < -0.3 is 18.9 Å². The number of pyridine rings is 1. The number of carbonyl (C=O) groups is 4. The fourth-order valence-corrected chi connectivity index (χ4v) is 5.40. The van der Waals surface area contributed by atoms with Crippen molar-refractivity contribution in [3.8, 4) is 0 Å². The topological polar surface area (TPSA) is 133 Å². The summed E-state index contributed by atoms with van der Waals surface area (Å²) in [6, 6.07) is 27.9. The summed E-state index contributed by atoms with van der Waals surface area (Å²) in [5, 5.41) is 2.74. The Morgan fingerprint density at radius 1 is 0.844 bits per heavy atom. The average molecular weight is 608 g/mol. The molecule has 0 bridgehead atoms. The number of esters is 3. The number of aromatic nitrogens is 1. The van der Waals surface area contributed by atoms with Crippen LogP contribution in [0, 0.1) is 0 Å². The first-order valence-corrected chi connectivity index (χ1v) is 14.3. The molecular weight excluding hydrogens is 578 g/mol. The molecule has 2 aliphatic heterocycles. The Morgan fingerprint density at radius 3 is 2.04 bits per heavy atom. The Morgan fingerprint density at radius 2 is 1.42 bits per heavy atom. The number of hydrogen-bond acceptors (Lipinski definition) is 9. The van der Waals surface area contributed by atoms with E-state index in [1.165, 1.54) is 11.8 Å². The molecule has 3 aromatic carbocycles. The first-order valence-electron chi connectivity index (χ1n) is 14.3. The number of hydrogen-bond donors (Lipinski definition) is 1. The Hall–Kier alpha value is -5.55. The highest BCUT2D eigenvalue weighted by molar-refractivity contribution is 5.93. The summed E-state index contributed by atoms with van der Waals surface area (Å²) in [7, 11) is 0. The fourth-order valence-electron chi connectivity index (χ4n) is 5.40. The van der Waals surface area contributed by atoms with Gasteiger partial charge in [0.1, 0.15) is 18.5 Å². The van der Waals surface area contributed by atoms with Gasteiger partial charge >= 0.3 is 23.9 Å². The minimum atomic E-state index is -1.77. The lowest BCUT2D eigenvalue weighted by Crippen LogP contribution is -2.59. The maximum absolute atomic E-state index is 13.5. The molecule has 0 radical (unpaired) electrons. The van der Waals surface area contributed by atoms with E-state index in [2.05, 4.69) is 10.3 Å². The van der Waals surface area contributed by atoms with Crippen molar-refractivity contribution < 1.29 is 38.1 Å². The first-order chi connectivity index (χ1) is 21.8. The second-order valence-corrected chi connectivity index (χ2v) is 10.7. The van der Waals surface area contributed by atoms with E-state index in [4.69, 9.17) is 18.9 Å². The predicted octanol–water partition coefficient (Wildman–Crippen LogP) is 4.85. The molecule has 0 saturated carbocycles. The molecule has 0 aliphatic carbocycles. The smallest absolute Gasteiger partial charge is 0.338 e. The third-order valence-electron chi connectivity index (χ3n) is 7.65. The van der Waals surface area contributed by atoms with Gasteiger partial charge in [-0.05, 0) is 49.4 Å². The summed E-state index contributed by atoms with van der Waals surface area (Å²) >= 11 is 0. The number of anilines is 1. The van der Waals surface area contributed by atoms with Gasteiger partial charge in [0.2, 0.25) is 0 Å². The Kier molecular flexibility index (Phi) is 8.26. The van der Waals surface area contributed by atoms with Gasteiger partial charge in [-0.25, -0.2) is 24.2 Å². The maximum atomic E-state index is 13.5. The largest absolute Gasteiger partial charge is 0.459 e. The van der Waals surface area contributed by atoms with Gasteiger partial charge in [-0.2, -0.15) is 0 Å². The molecule has 1 saturated heterocycles. The molecule has 0 spiro atoms. The van der Waals surface area contributed by atoms with Crippen LogP contribution < -0.4 is 5.32 Å². The van der Waals surface area contributed by atoms with Gasteiger partial charge in [0.25, 0.3) is 0 Å². The van der Waals surface area contributed by atoms with Crippen LogP contribution >= 0.6 is 0 Å². The van der Waals surface area contributed by atoms with E-state index in [0.29, 0.717) is 16.9 Å². The zero-order valence-corrected chi connectivity index (χ0v) is 24.2. The molecule has 1 fully saturated rings. The lowest BCUT2D eigenvalue weighted by atomic mass is 9.94. The van der Waals surface area contributed by atoms with E-state index in [0.717, 1.165) is 0 Å². The molecule has 1 aromatic heterocycles. The van der Waals surface area contributed by atoms with Crippen molar-refractivity contribution in [2.45, 2.75) is 37.5 Å². The van der Waals surface area contributed by atoms with Crippen LogP contribution in [0.4, 0.5) is 10.6 Å². The van der Waals surface area contributed by atoms with Gasteiger partial charge in [0, 0.05) is 11.8 Å². The molecular formula is C34H29N3O8. The zero-order valence-electron chi connectivity index (χ0n) is 24.2. The van der Waals surface area contributed by atoms with Crippen molar-refractivity contribution >= 4 is 29.8 Å².